The lowest BCUT2D eigenvalue weighted by atomic mass is 10.2. The Balaban J connectivity index is 3.38. The molecule has 0 rings (SSSR count). The highest BCUT2D eigenvalue weighted by molar-refractivity contribution is 7.79. The molecule has 2 unspecified atom stereocenters. The summed E-state index contributed by atoms with van der Waals surface area (Å²) < 4.78 is 18.3. The Bertz CT molecular complexity index is 101. The van der Waals surface area contributed by atoms with E-state index in [9.17, 15) is 4.21 Å². The maximum Gasteiger partial charge on any atom is 0.153 e. The van der Waals surface area contributed by atoms with E-state index < -0.39 is 11.1 Å². The molecule has 0 aliphatic rings. The summed E-state index contributed by atoms with van der Waals surface area (Å²) in [5, 5.41) is 0. The molecule has 1 N–H and O–H groups in total. The third kappa shape index (κ3) is 4.02. The Morgan fingerprint density at radius 2 is 2.50 bits per heavy atom. The molecule has 0 aromatic heterocycles. The standard InChI is InChI=1S/C5H10O2S/c1-3-5(2)4-8(6)7/h3,5H,1,4H2,2H3,(H,6,7). The van der Waals surface area contributed by atoms with Gasteiger partial charge in [-0.3, -0.25) is 0 Å². The van der Waals surface area contributed by atoms with Gasteiger partial charge in [-0.15, -0.1) is 6.58 Å². The number of allylic oxidation sites excluding steroid dienone is 1. The van der Waals surface area contributed by atoms with Crippen LogP contribution < -0.4 is 0 Å². The molecule has 0 bridgehead atoms. The van der Waals surface area contributed by atoms with Gasteiger partial charge in [-0.25, -0.2) is 4.21 Å². The molecular weight excluding hydrogens is 124 g/mol. The minimum absolute atomic E-state index is 0.140. The van der Waals surface area contributed by atoms with Gasteiger partial charge in [0.2, 0.25) is 0 Å². The minimum atomic E-state index is -1.67. The second-order valence-electron chi connectivity index (χ2n) is 1.70. The van der Waals surface area contributed by atoms with Crippen LogP contribution in [0.15, 0.2) is 12.7 Å². The Labute approximate surface area is 51.9 Å². The molecule has 0 aromatic carbocycles. The van der Waals surface area contributed by atoms with Crippen molar-refractivity contribution in [3.05, 3.63) is 12.7 Å². The normalized spacial score (nSPS) is 17.2. The average molecular weight is 134 g/mol. The van der Waals surface area contributed by atoms with E-state index in [1.165, 1.54) is 0 Å². The van der Waals surface area contributed by atoms with Crippen LogP contribution in [0.1, 0.15) is 6.92 Å². The first-order valence-electron chi connectivity index (χ1n) is 2.37. The fourth-order valence-corrected chi connectivity index (χ4v) is 0.879. The fraction of sp³-hybridized carbons (Fsp3) is 0.600. The number of hydrogen-bond acceptors (Lipinski definition) is 1. The first-order valence-corrected chi connectivity index (χ1v) is 3.64. The quantitative estimate of drug-likeness (QED) is 0.462. The van der Waals surface area contributed by atoms with E-state index in [4.69, 9.17) is 4.55 Å². The van der Waals surface area contributed by atoms with Gasteiger partial charge >= 0.3 is 0 Å². The molecule has 0 aliphatic heterocycles. The fourth-order valence-electron chi connectivity index (χ4n) is 0.293. The van der Waals surface area contributed by atoms with Gasteiger partial charge < -0.3 is 4.55 Å². The predicted molar refractivity (Wildman–Crippen MR) is 35.0 cm³/mol. The van der Waals surface area contributed by atoms with Gasteiger partial charge in [0, 0.05) is 0 Å². The molecule has 48 valence electrons. The van der Waals surface area contributed by atoms with Crippen LogP contribution in [0.5, 0.6) is 0 Å². The zero-order valence-electron chi connectivity index (χ0n) is 4.83. The highest BCUT2D eigenvalue weighted by Gasteiger charge is 1.98. The first kappa shape index (κ1) is 7.85. The SMILES string of the molecule is C=CC(C)CS(=O)O. The van der Waals surface area contributed by atoms with Crippen LogP contribution in [0.3, 0.4) is 0 Å². The predicted octanol–water partition coefficient (Wildman–Crippen LogP) is 1.03. The molecule has 0 saturated heterocycles. The van der Waals surface area contributed by atoms with Crippen LogP contribution in [0.4, 0.5) is 0 Å². The third-order valence-corrected chi connectivity index (χ3v) is 1.62. The van der Waals surface area contributed by atoms with Gasteiger partial charge in [0.15, 0.2) is 11.1 Å². The van der Waals surface area contributed by atoms with Crippen LogP contribution in [-0.2, 0) is 11.1 Å². The average Bonchev–Trinajstić information content (AvgIpc) is 1.65. The van der Waals surface area contributed by atoms with Crippen molar-refractivity contribution in [3.63, 3.8) is 0 Å². The van der Waals surface area contributed by atoms with Gasteiger partial charge in [0.05, 0.1) is 5.75 Å². The Morgan fingerprint density at radius 3 is 2.62 bits per heavy atom. The maximum absolute atomic E-state index is 10.0. The Hall–Kier alpha value is -0.150. The molecule has 8 heavy (non-hydrogen) atoms. The summed E-state index contributed by atoms with van der Waals surface area (Å²) in [5.41, 5.74) is 0. The van der Waals surface area contributed by atoms with Crippen LogP contribution in [0.25, 0.3) is 0 Å². The lowest BCUT2D eigenvalue weighted by Gasteiger charge is -1.97. The van der Waals surface area contributed by atoms with E-state index in [0.717, 1.165) is 0 Å². The molecule has 2 atom stereocenters. The molecule has 0 fully saturated rings. The molecule has 0 aromatic rings. The molecule has 0 radical (unpaired) electrons. The molecule has 2 nitrogen and oxygen atoms in total. The summed E-state index contributed by atoms with van der Waals surface area (Å²) in [6.45, 7) is 5.32. The van der Waals surface area contributed by atoms with E-state index in [2.05, 4.69) is 6.58 Å². The van der Waals surface area contributed by atoms with Crippen molar-refractivity contribution < 1.29 is 8.76 Å². The molecule has 3 heteroatoms. The summed E-state index contributed by atoms with van der Waals surface area (Å²) in [7, 11) is 0. The van der Waals surface area contributed by atoms with Crippen molar-refractivity contribution >= 4 is 11.1 Å². The first-order chi connectivity index (χ1) is 3.66. The van der Waals surface area contributed by atoms with Gasteiger partial charge in [-0.1, -0.05) is 13.0 Å². The van der Waals surface area contributed by atoms with Gasteiger partial charge in [-0.2, -0.15) is 0 Å². The van der Waals surface area contributed by atoms with Crippen LogP contribution >= 0.6 is 0 Å². The van der Waals surface area contributed by atoms with E-state index in [0.29, 0.717) is 5.75 Å². The largest absolute Gasteiger partial charge is 0.306 e. The second-order valence-corrected chi connectivity index (χ2v) is 2.68. The molecule has 0 aliphatic carbocycles. The van der Waals surface area contributed by atoms with Crippen molar-refractivity contribution in [1.29, 1.82) is 0 Å². The molecule has 0 amide bonds. The van der Waals surface area contributed by atoms with Crippen molar-refractivity contribution in [3.8, 4) is 0 Å². The van der Waals surface area contributed by atoms with Gasteiger partial charge in [-0.05, 0) is 5.92 Å². The lowest BCUT2D eigenvalue weighted by molar-refractivity contribution is 0.557. The maximum atomic E-state index is 10.0. The van der Waals surface area contributed by atoms with E-state index in [1.54, 1.807) is 6.08 Å². The summed E-state index contributed by atoms with van der Waals surface area (Å²) in [6, 6.07) is 0. The van der Waals surface area contributed by atoms with Crippen LogP contribution in [0.2, 0.25) is 0 Å². The topological polar surface area (TPSA) is 37.3 Å². The van der Waals surface area contributed by atoms with Gasteiger partial charge in [0.1, 0.15) is 0 Å². The molecule has 0 heterocycles. The number of rotatable bonds is 3. The van der Waals surface area contributed by atoms with Crippen molar-refractivity contribution in [2.24, 2.45) is 5.92 Å². The Kier molecular flexibility index (Phi) is 3.73. The minimum Gasteiger partial charge on any atom is -0.306 e. The van der Waals surface area contributed by atoms with E-state index in [-0.39, 0.29) is 5.92 Å². The lowest BCUT2D eigenvalue weighted by Crippen LogP contribution is -2.02. The smallest absolute Gasteiger partial charge is 0.153 e. The summed E-state index contributed by atoms with van der Waals surface area (Å²) in [5.74, 6) is 0.435. The highest BCUT2D eigenvalue weighted by atomic mass is 32.2. The number of hydrogen-bond donors (Lipinski definition) is 1. The highest BCUT2D eigenvalue weighted by Crippen LogP contribution is 1.95. The second kappa shape index (κ2) is 3.80. The van der Waals surface area contributed by atoms with Crippen molar-refractivity contribution in [1.82, 2.24) is 0 Å². The van der Waals surface area contributed by atoms with Gasteiger partial charge in [0.25, 0.3) is 0 Å². The van der Waals surface area contributed by atoms with E-state index >= 15 is 0 Å². The molecule has 0 spiro atoms. The summed E-state index contributed by atoms with van der Waals surface area (Å²) in [4.78, 5) is 0. The Morgan fingerprint density at radius 1 is 2.00 bits per heavy atom. The monoisotopic (exact) mass is 134 g/mol. The van der Waals surface area contributed by atoms with Crippen LogP contribution in [-0.4, -0.2) is 14.5 Å². The van der Waals surface area contributed by atoms with E-state index in [1.807, 2.05) is 6.92 Å². The summed E-state index contributed by atoms with van der Waals surface area (Å²) in [6.07, 6.45) is 1.66. The zero-order chi connectivity index (χ0) is 6.57. The molecule has 0 saturated carbocycles. The van der Waals surface area contributed by atoms with Crippen molar-refractivity contribution in [2.45, 2.75) is 6.92 Å². The van der Waals surface area contributed by atoms with Crippen LogP contribution in [0, 0.1) is 5.92 Å². The van der Waals surface area contributed by atoms with Crippen molar-refractivity contribution in [2.75, 3.05) is 5.75 Å². The zero-order valence-corrected chi connectivity index (χ0v) is 5.65. The molecular formula is C5H10O2S. The third-order valence-electron chi connectivity index (χ3n) is 0.808. The summed E-state index contributed by atoms with van der Waals surface area (Å²) >= 11 is -1.67.